The highest BCUT2D eigenvalue weighted by Gasteiger charge is 2.78. The van der Waals surface area contributed by atoms with E-state index in [0.717, 1.165) is 26.0 Å². The number of nitriles is 1. The van der Waals surface area contributed by atoms with Crippen LogP contribution in [0.5, 0.6) is 0 Å². The molecule has 2 heterocycles. The van der Waals surface area contributed by atoms with Crippen molar-refractivity contribution in [1.29, 1.82) is 5.26 Å². The second-order valence-electron chi connectivity index (χ2n) is 5.04. The predicted molar refractivity (Wildman–Crippen MR) is 64.8 cm³/mol. The molecule has 2 saturated heterocycles. The Bertz CT molecular complexity index is 678. The number of carbonyl (C=O) groups is 2. The number of β-lactam (4-membered cyclic amide) rings is 1. The molecule has 2 N–H and O–H groups in total. The summed E-state index contributed by atoms with van der Waals surface area (Å²) >= 11 is 0. The van der Waals surface area contributed by atoms with Gasteiger partial charge in [0, 0.05) is 6.08 Å². The van der Waals surface area contributed by atoms with Crippen molar-refractivity contribution in [3.8, 4) is 6.07 Å². The molecule has 108 valence electrons. The SMILES string of the molecule is C[C@]1(/C=C\C#N)[C@](C)(C(=O)O)N2C(=O)[C@@H](O)[C@H]2S1(=O)=O. The maximum atomic E-state index is 12.5. The summed E-state index contributed by atoms with van der Waals surface area (Å²) in [6, 6.07) is 1.60. The Kier molecular flexibility index (Phi) is 2.75. The molecule has 0 aromatic carbocycles. The molecule has 9 heteroatoms. The van der Waals surface area contributed by atoms with Gasteiger partial charge in [0.05, 0.1) is 6.07 Å². The zero-order valence-electron chi connectivity index (χ0n) is 10.6. The van der Waals surface area contributed by atoms with Crippen molar-refractivity contribution < 1.29 is 28.2 Å². The zero-order valence-corrected chi connectivity index (χ0v) is 11.5. The highest BCUT2D eigenvalue weighted by molar-refractivity contribution is 7.94. The van der Waals surface area contributed by atoms with Crippen LogP contribution in [-0.4, -0.2) is 57.2 Å². The van der Waals surface area contributed by atoms with Gasteiger partial charge in [0.15, 0.2) is 26.9 Å². The third kappa shape index (κ3) is 1.21. The molecule has 2 aliphatic rings. The van der Waals surface area contributed by atoms with Gasteiger partial charge < -0.3 is 15.1 Å². The van der Waals surface area contributed by atoms with E-state index in [0.29, 0.717) is 4.90 Å². The van der Waals surface area contributed by atoms with Gasteiger partial charge in [0.25, 0.3) is 5.91 Å². The van der Waals surface area contributed by atoms with E-state index < -0.39 is 43.5 Å². The van der Waals surface area contributed by atoms with Crippen LogP contribution >= 0.6 is 0 Å². The van der Waals surface area contributed by atoms with Crippen LogP contribution in [0.25, 0.3) is 0 Å². The summed E-state index contributed by atoms with van der Waals surface area (Å²) in [7, 11) is -4.20. The first-order chi connectivity index (χ1) is 9.07. The number of carbonyl (C=O) groups excluding carboxylic acids is 1. The van der Waals surface area contributed by atoms with Crippen molar-refractivity contribution in [2.24, 2.45) is 0 Å². The second kappa shape index (κ2) is 3.80. The van der Waals surface area contributed by atoms with E-state index in [4.69, 9.17) is 5.26 Å². The minimum absolute atomic E-state index is 0.664. The van der Waals surface area contributed by atoms with Crippen LogP contribution in [0.15, 0.2) is 12.2 Å². The average Bonchev–Trinajstić information content (AvgIpc) is 2.50. The number of amides is 1. The van der Waals surface area contributed by atoms with Crippen molar-refractivity contribution in [3.63, 3.8) is 0 Å². The van der Waals surface area contributed by atoms with Crippen molar-refractivity contribution in [2.75, 3.05) is 0 Å². The third-order valence-corrected chi connectivity index (χ3v) is 7.08. The Morgan fingerprint density at radius 2 is 2.05 bits per heavy atom. The molecule has 2 fully saturated rings. The first-order valence-corrected chi connectivity index (χ1v) is 7.17. The number of fused-ring (bicyclic) bond motifs is 1. The fourth-order valence-corrected chi connectivity index (χ4v) is 5.32. The molecule has 0 bridgehead atoms. The molecule has 2 rings (SSSR count). The molecule has 20 heavy (non-hydrogen) atoms. The number of carboxylic acid groups (broad SMARTS) is 1. The Balaban J connectivity index is 2.77. The minimum Gasteiger partial charge on any atom is -0.479 e. The first kappa shape index (κ1) is 14.5. The number of rotatable bonds is 2. The lowest BCUT2D eigenvalue weighted by Crippen LogP contribution is -2.71. The van der Waals surface area contributed by atoms with E-state index >= 15 is 0 Å². The number of aliphatic carboxylic acids is 1. The summed E-state index contributed by atoms with van der Waals surface area (Å²) < 4.78 is 23.0. The lowest BCUT2D eigenvalue weighted by Gasteiger charge is -2.45. The van der Waals surface area contributed by atoms with Crippen LogP contribution in [0, 0.1) is 11.3 Å². The van der Waals surface area contributed by atoms with Crippen molar-refractivity contribution in [1.82, 2.24) is 4.90 Å². The number of sulfone groups is 1. The average molecular weight is 300 g/mol. The van der Waals surface area contributed by atoms with E-state index in [2.05, 4.69) is 0 Å². The van der Waals surface area contributed by atoms with Gasteiger partial charge >= 0.3 is 5.97 Å². The standard InChI is InChI=1S/C11H12N2O6S/c1-10(4-3-5-12)11(2,9(16)17)13-7(15)6(14)8(13)20(10,18)19/h3-4,6,8,14H,1-2H3,(H,16,17)/b4-3-/t6-,8-,10+,11+/m1/s1. The molecule has 0 aliphatic carbocycles. The molecule has 0 aromatic heterocycles. The molecular weight excluding hydrogens is 288 g/mol. The smallest absolute Gasteiger partial charge is 0.331 e. The summed E-state index contributed by atoms with van der Waals surface area (Å²) in [6.45, 7) is 2.22. The Morgan fingerprint density at radius 1 is 1.50 bits per heavy atom. The van der Waals surface area contributed by atoms with Gasteiger partial charge in [0.1, 0.15) is 4.75 Å². The number of carboxylic acids is 1. The maximum Gasteiger partial charge on any atom is 0.331 e. The fraction of sp³-hybridized carbons (Fsp3) is 0.545. The predicted octanol–water partition coefficient (Wildman–Crippen LogP) is -1.37. The quantitative estimate of drug-likeness (QED) is 0.474. The van der Waals surface area contributed by atoms with Gasteiger partial charge in [0.2, 0.25) is 0 Å². The van der Waals surface area contributed by atoms with E-state index in [1.165, 1.54) is 0 Å². The van der Waals surface area contributed by atoms with Crippen LogP contribution < -0.4 is 0 Å². The molecule has 2 aliphatic heterocycles. The van der Waals surface area contributed by atoms with Crippen LogP contribution in [0.1, 0.15) is 13.8 Å². The summed E-state index contributed by atoms with van der Waals surface area (Å²) in [5.41, 5.74) is -2.08. The van der Waals surface area contributed by atoms with Gasteiger partial charge in [-0.2, -0.15) is 5.26 Å². The number of hydrogen-bond donors (Lipinski definition) is 2. The van der Waals surface area contributed by atoms with Gasteiger partial charge in [-0.3, -0.25) is 4.79 Å². The zero-order chi connectivity index (χ0) is 15.5. The lowest BCUT2D eigenvalue weighted by atomic mass is 9.81. The normalized spacial score (nSPS) is 42.1. The summed E-state index contributed by atoms with van der Waals surface area (Å²) in [5, 5.41) is 25.9. The van der Waals surface area contributed by atoms with Crippen molar-refractivity contribution in [3.05, 3.63) is 12.2 Å². The minimum atomic E-state index is -4.20. The van der Waals surface area contributed by atoms with Gasteiger partial charge in [-0.05, 0) is 13.8 Å². The maximum absolute atomic E-state index is 12.5. The number of hydrogen-bond acceptors (Lipinski definition) is 6. The van der Waals surface area contributed by atoms with Crippen LogP contribution in [-0.2, 0) is 19.4 Å². The lowest BCUT2D eigenvalue weighted by molar-refractivity contribution is -0.178. The van der Waals surface area contributed by atoms with Gasteiger partial charge in [-0.25, -0.2) is 13.2 Å². The monoisotopic (exact) mass is 300 g/mol. The Hall–Kier alpha value is -1.92. The Labute approximate surface area is 114 Å². The molecule has 0 radical (unpaired) electrons. The van der Waals surface area contributed by atoms with E-state index in [1.807, 2.05) is 0 Å². The largest absolute Gasteiger partial charge is 0.479 e. The molecule has 0 aromatic rings. The number of allylic oxidation sites excluding steroid dienone is 1. The van der Waals surface area contributed by atoms with Gasteiger partial charge in [-0.1, -0.05) is 6.08 Å². The number of nitrogens with zero attached hydrogens (tertiary/aromatic N) is 2. The van der Waals surface area contributed by atoms with E-state index in [-0.39, 0.29) is 0 Å². The van der Waals surface area contributed by atoms with Crippen LogP contribution in [0.4, 0.5) is 0 Å². The number of aliphatic hydroxyl groups is 1. The van der Waals surface area contributed by atoms with Crippen LogP contribution in [0.3, 0.4) is 0 Å². The molecule has 1 amide bonds. The fourth-order valence-electron chi connectivity index (χ4n) is 2.77. The third-order valence-electron chi connectivity index (χ3n) is 4.26. The van der Waals surface area contributed by atoms with Gasteiger partial charge in [-0.15, -0.1) is 0 Å². The molecule has 8 nitrogen and oxygen atoms in total. The topological polar surface area (TPSA) is 136 Å². The first-order valence-electron chi connectivity index (χ1n) is 5.62. The second-order valence-corrected chi connectivity index (χ2v) is 7.46. The van der Waals surface area contributed by atoms with Crippen molar-refractivity contribution in [2.45, 2.75) is 35.6 Å². The Morgan fingerprint density at radius 3 is 2.50 bits per heavy atom. The molecule has 4 atom stereocenters. The van der Waals surface area contributed by atoms with E-state index in [9.17, 15) is 28.2 Å². The molecule has 0 unspecified atom stereocenters. The highest BCUT2D eigenvalue weighted by atomic mass is 32.2. The highest BCUT2D eigenvalue weighted by Crippen LogP contribution is 2.53. The van der Waals surface area contributed by atoms with Crippen molar-refractivity contribution >= 4 is 21.7 Å². The molecular formula is C11H12N2O6S. The number of aliphatic hydroxyl groups excluding tert-OH is 1. The molecule has 0 spiro atoms. The summed E-state index contributed by atoms with van der Waals surface area (Å²) in [5.74, 6) is -2.47. The summed E-state index contributed by atoms with van der Waals surface area (Å²) in [6.07, 6.45) is 0.0481. The van der Waals surface area contributed by atoms with Crippen LogP contribution in [0.2, 0.25) is 0 Å². The molecule has 0 saturated carbocycles. The van der Waals surface area contributed by atoms with E-state index in [1.54, 1.807) is 6.07 Å². The summed E-state index contributed by atoms with van der Waals surface area (Å²) in [4.78, 5) is 23.9.